The molecule has 4 rings (SSSR count). The van der Waals surface area contributed by atoms with Crippen LogP contribution in [0.1, 0.15) is 24.4 Å². The molecule has 1 nitrogen and oxygen atoms in total. The zero-order chi connectivity index (χ0) is 9.54. The largest absolute Gasteiger partial charge is 0.309 e. The third kappa shape index (κ3) is 1.41. The lowest BCUT2D eigenvalue weighted by molar-refractivity contribution is 0.0831. The van der Waals surface area contributed by atoms with Crippen molar-refractivity contribution in [2.24, 2.45) is 11.8 Å². The van der Waals surface area contributed by atoms with E-state index in [0.29, 0.717) is 6.04 Å². The highest BCUT2D eigenvalue weighted by molar-refractivity contribution is 9.10. The van der Waals surface area contributed by atoms with Gasteiger partial charge < -0.3 is 5.32 Å². The van der Waals surface area contributed by atoms with Crippen LogP contribution in [0.3, 0.4) is 0 Å². The standard InChI is InChI=1S/C12H14BrN/c13-11-3-1-9(2-4-11)12-10-5-8(6-10)7-14-12/h1-4,8,10,12,14H,5-7H2. The summed E-state index contributed by atoms with van der Waals surface area (Å²) in [5, 5.41) is 3.64. The Bertz CT molecular complexity index is 324. The lowest BCUT2D eigenvalue weighted by atomic mass is 9.66. The highest BCUT2D eigenvalue weighted by atomic mass is 79.9. The van der Waals surface area contributed by atoms with Gasteiger partial charge in [0.2, 0.25) is 0 Å². The van der Waals surface area contributed by atoms with E-state index in [0.717, 1.165) is 11.8 Å². The summed E-state index contributed by atoms with van der Waals surface area (Å²) in [5.41, 5.74) is 1.45. The molecule has 1 aliphatic carbocycles. The van der Waals surface area contributed by atoms with Crippen molar-refractivity contribution in [3.8, 4) is 0 Å². The van der Waals surface area contributed by atoms with E-state index < -0.39 is 0 Å². The predicted octanol–water partition coefficient (Wildman–Crippen LogP) is 3.12. The molecule has 1 N–H and O–H groups in total. The fraction of sp³-hybridized carbons (Fsp3) is 0.500. The van der Waals surface area contributed by atoms with Crippen LogP contribution in [-0.4, -0.2) is 6.54 Å². The number of rotatable bonds is 1. The van der Waals surface area contributed by atoms with Crippen LogP contribution in [0.15, 0.2) is 28.7 Å². The smallest absolute Gasteiger partial charge is 0.0348 e. The lowest BCUT2D eigenvalue weighted by Gasteiger charge is -2.47. The van der Waals surface area contributed by atoms with Gasteiger partial charge in [0.25, 0.3) is 0 Å². The van der Waals surface area contributed by atoms with E-state index in [1.54, 1.807) is 0 Å². The molecule has 14 heavy (non-hydrogen) atoms. The first-order chi connectivity index (χ1) is 6.83. The topological polar surface area (TPSA) is 12.0 Å². The highest BCUT2D eigenvalue weighted by Crippen LogP contribution is 2.45. The first-order valence-corrected chi connectivity index (χ1v) is 6.11. The summed E-state index contributed by atoms with van der Waals surface area (Å²) in [4.78, 5) is 0. The number of halogens is 1. The number of fused-ring (bicyclic) bond motifs is 2. The molecule has 0 radical (unpaired) electrons. The van der Waals surface area contributed by atoms with Gasteiger partial charge in [-0.05, 0) is 48.9 Å². The molecule has 1 unspecified atom stereocenters. The van der Waals surface area contributed by atoms with Crippen molar-refractivity contribution >= 4 is 15.9 Å². The maximum Gasteiger partial charge on any atom is 0.0348 e. The summed E-state index contributed by atoms with van der Waals surface area (Å²) in [6.45, 7) is 1.22. The Labute approximate surface area is 93.0 Å². The molecule has 1 saturated carbocycles. The fourth-order valence-electron chi connectivity index (χ4n) is 2.75. The molecule has 0 aromatic heterocycles. The molecule has 0 amide bonds. The van der Waals surface area contributed by atoms with Crippen LogP contribution in [0.4, 0.5) is 0 Å². The maximum absolute atomic E-state index is 3.64. The Balaban J connectivity index is 1.83. The molecule has 2 heteroatoms. The normalized spacial score (nSPS) is 35.1. The Morgan fingerprint density at radius 2 is 1.86 bits per heavy atom. The average molecular weight is 252 g/mol. The molecule has 2 heterocycles. The first kappa shape index (κ1) is 8.93. The summed E-state index contributed by atoms with van der Waals surface area (Å²) >= 11 is 3.47. The minimum Gasteiger partial charge on any atom is -0.309 e. The van der Waals surface area contributed by atoms with E-state index in [9.17, 15) is 0 Å². The Morgan fingerprint density at radius 3 is 2.43 bits per heavy atom. The van der Waals surface area contributed by atoms with Crippen molar-refractivity contribution in [1.82, 2.24) is 5.32 Å². The number of hydrogen-bond donors (Lipinski definition) is 1. The summed E-state index contributed by atoms with van der Waals surface area (Å²) in [5.74, 6) is 1.88. The average Bonchev–Trinajstić information content (AvgIpc) is 2.18. The van der Waals surface area contributed by atoms with Gasteiger partial charge in [-0.15, -0.1) is 0 Å². The van der Waals surface area contributed by atoms with Gasteiger partial charge in [-0.25, -0.2) is 0 Å². The monoisotopic (exact) mass is 251 g/mol. The van der Waals surface area contributed by atoms with Crippen LogP contribution in [0.2, 0.25) is 0 Å². The van der Waals surface area contributed by atoms with Gasteiger partial charge in [-0.3, -0.25) is 0 Å². The molecule has 2 bridgehead atoms. The third-order valence-electron chi connectivity index (χ3n) is 3.60. The van der Waals surface area contributed by atoms with E-state index in [4.69, 9.17) is 0 Å². The van der Waals surface area contributed by atoms with Gasteiger partial charge in [-0.1, -0.05) is 28.1 Å². The molecule has 1 aromatic carbocycles. The quantitative estimate of drug-likeness (QED) is 0.809. The summed E-state index contributed by atoms with van der Waals surface area (Å²) in [6, 6.07) is 9.37. The molecule has 1 atom stereocenters. The van der Waals surface area contributed by atoms with E-state index >= 15 is 0 Å². The predicted molar refractivity (Wildman–Crippen MR) is 61.1 cm³/mol. The minimum absolute atomic E-state index is 0.619. The van der Waals surface area contributed by atoms with E-state index in [-0.39, 0.29) is 0 Å². The van der Waals surface area contributed by atoms with Crippen LogP contribution in [-0.2, 0) is 0 Å². The van der Waals surface area contributed by atoms with Gasteiger partial charge in [0.15, 0.2) is 0 Å². The van der Waals surface area contributed by atoms with Crippen molar-refractivity contribution < 1.29 is 0 Å². The second kappa shape index (κ2) is 3.35. The maximum atomic E-state index is 3.64. The molecular weight excluding hydrogens is 238 g/mol. The molecule has 2 aliphatic heterocycles. The van der Waals surface area contributed by atoms with E-state index in [1.807, 2.05) is 0 Å². The molecule has 0 spiro atoms. The zero-order valence-electron chi connectivity index (χ0n) is 8.04. The fourth-order valence-corrected chi connectivity index (χ4v) is 3.01. The number of piperidine rings is 2. The highest BCUT2D eigenvalue weighted by Gasteiger charge is 2.40. The first-order valence-electron chi connectivity index (χ1n) is 5.32. The SMILES string of the molecule is Brc1ccc(C2NCC3CC2C3)cc1. The van der Waals surface area contributed by atoms with Gasteiger partial charge in [0, 0.05) is 10.5 Å². The molecule has 2 saturated heterocycles. The Kier molecular flexibility index (Phi) is 2.14. The molecule has 3 aliphatic rings. The third-order valence-corrected chi connectivity index (χ3v) is 4.13. The number of nitrogens with one attached hydrogen (secondary N) is 1. The van der Waals surface area contributed by atoms with Crippen LogP contribution in [0, 0.1) is 11.8 Å². The Hall–Kier alpha value is -0.340. The van der Waals surface area contributed by atoms with Crippen molar-refractivity contribution in [1.29, 1.82) is 0 Å². The van der Waals surface area contributed by atoms with Crippen molar-refractivity contribution in [3.63, 3.8) is 0 Å². The molecule has 1 aromatic rings. The second-order valence-electron chi connectivity index (χ2n) is 4.53. The summed E-state index contributed by atoms with van der Waals surface area (Å²) < 4.78 is 1.17. The lowest BCUT2D eigenvalue weighted by Crippen LogP contribution is -2.47. The van der Waals surface area contributed by atoms with Gasteiger partial charge in [-0.2, -0.15) is 0 Å². The van der Waals surface area contributed by atoms with Crippen LogP contribution in [0.25, 0.3) is 0 Å². The zero-order valence-corrected chi connectivity index (χ0v) is 9.63. The molecule has 74 valence electrons. The van der Waals surface area contributed by atoms with Crippen LogP contribution < -0.4 is 5.32 Å². The summed E-state index contributed by atoms with van der Waals surface area (Å²) in [7, 11) is 0. The van der Waals surface area contributed by atoms with Crippen LogP contribution in [0.5, 0.6) is 0 Å². The second-order valence-corrected chi connectivity index (χ2v) is 5.45. The number of hydrogen-bond acceptors (Lipinski definition) is 1. The van der Waals surface area contributed by atoms with Crippen molar-refractivity contribution in [3.05, 3.63) is 34.3 Å². The van der Waals surface area contributed by atoms with Gasteiger partial charge in [0.05, 0.1) is 0 Å². The van der Waals surface area contributed by atoms with Crippen molar-refractivity contribution in [2.75, 3.05) is 6.54 Å². The van der Waals surface area contributed by atoms with Gasteiger partial charge >= 0.3 is 0 Å². The summed E-state index contributed by atoms with van der Waals surface area (Å²) in [6.07, 6.45) is 2.88. The van der Waals surface area contributed by atoms with E-state index in [1.165, 1.54) is 29.4 Å². The van der Waals surface area contributed by atoms with E-state index in [2.05, 4.69) is 45.5 Å². The molecule has 3 fully saturated rings. The number of benzene rings is 1. The minimum atomic E-state index is 0.619. The van der Waals surface area contributed by atoms with Gasteiger partial charge in [0.1, 0.15) is 0 Å². The van der Waals surface area contributed by atoms with Crippen molar-refractivity contribution in [2.45, 2.75) is 18.9 Å². The molecular formula is C12H14BrN. The Morgan fingerprint density at radius 1 is 1.14 bits per heavy atom. The van der Waals surface area contributed by atoms with Crippen LogP contribution >= 0.6 is 15.9 Å².